The van der Waals surface area contributed by atoms with Gasteiger partial charge in [-0.3, -0.25) is 24.5 Å². The molecule has 0 aromatic carbocycles. The number of rotatable bonds is 3. The van der Waals surface area contributed by atoms with E-state index in [9.17, 15) is 24.5 Å². The minimum Gasteiger partial charge on any atom is -0.301 e. The fourth-order valence-electron chi connectivity index (χ4n) is 0.844. The number of hydrogen-bond donors (Lipinski definition) is 1. The number of aldehydes is 1. The fourth-order valence-corrected chi connectivity index (χ4v) is 0.844. The third kappa shape index (κ3) is 1.73. The Bertz CT molecular complexity index is 485. The molecule has 0 saturated carbocycles. The molecule has 0 aliphatic rings. The normalized spacial score (nSPS) is 9.71. The lowest BCUT2D eigenvalue weighted by Gasteiger charge is -1.97. The summed E-state index contributed by atoms with van der Waals surface area (Å²) in [6, 6.07) is 0. The van der Waals surface area contributed by atoms with Crippen LogP contribution in [0.25, 0.3) is 0 Å². The van der Waals surface area contributed by atoms with E-state index in [1.807, 2.05) is 0 Å². The zero-order chi connectivity index (χ0) is 10.7. The molecule has 1 heterocycles. The van der Waals surface area contributed by atoms with Crippen molar-refractivity contribution in [2.24, 2.45) is 0 Å². The molecule has 8 nitrogen and oxygen atoms in total. The van der Waals surface area contributed by atoms with Crippen molar-refractivity contribution < 1.29 is 9.72 Å². The molecule has 1 aromatic rings. The SMILES string of the molecule is O=CCn1cc([N+](=O)[O-])c(=O)[nH]c1=O. The van der Waals surface area contributed by atoms with E-state index >= 15 is 0 Å². The lowest BCUT2D eigenvalue weighted by molar-refractivity contribution is -0.386. The van der Waals surface area contributed by atoms with E-state index in [0.717, 1.165) is 10.8 Å². The summed E-state index contributed by atoms with van der Waals surface area (Å²) < 4.78 is 0.743. The number of H-pyrrole nitrogens is 1. The smallest absolute Gasteiger partial charge is 0.301 e. The van der Waals surface area contributed by atoms with Crippen molar-refractivity contribution in [3.8, 4) is 0 Å². The number of nitrogens with one attached hydrogen (secondary N) is 1. The maximum atomic E-state index is 10.9. The monoisotopic (exact) mass is 199 g/mol. The summed E-state index contributed by atoms with van der Waals surface area (Å²) in [5.74, 6) is 0. The Balaban J connectivity index is 3.42. The molecule has 1 N–H and O–H groups in total. The molecule has 0 fully saturated rings. The number of carbonyl (C=O) groups is 1. The zero-order valence-electron chi connectivity index (χ0n) is 6.80. The summed E-state index contributed by atoms with van der Waals surface area (Å²) in [5, 5.41) is 10.3. The van der Waals surface area contributed by atoms with Crippen LogP contribution in [-0.2, 0) is 11.3 Å². The summed E-state index contributed by atoms with van der Waals surface area (Å²) in [7, 11) is 0. The van der Waals surface area contributed by atoms with Gasteiger partial charge in [0.25, 0.3) is 0 Å². The highest BCUT2D eigenvalue weighted by atomic mass is 16.6. The van der Waals surface area contributed by atoms with E-state index in [4.69, 9.17) is 0 Å². The van der Waals surface area contributed by atoms with Crippen LogP contribution in [0.3, 0.4) is 0 Å². The van der Waals surface area contributed by atoms with E-state index in [2.05, 4.69) is 0 Å². The molecule has 0 amide bonds. The summed E-state index contributed by atoms with van der Waals surface area (Å²) in [6.45, 7) is -0.337. The molecular weight excluding hydrogens is 194 g/mol. The van der Waals surface area contributed by atoms with Gasteiger partial charge in [0.1, 0.15) is 6.29 Å². The van der Waals surface area contributed by atoms with Crippen LogP contribution in [-0.4, -0.2) is 20.8 Å². The highest BCUT2D eigenvalue weighted by Gasteiger charge is 2.14. The second-order valence-electron chi connectivity index (χ2n) is 2.35. The standard InChI is InChI=1S/C6H5N3O5/c10-2-1-8-3-4(9(13)14)5(11)7-6(8)12/h2-3H,1H2,(H,7,11,12). The molecule has 8 heteroatoms. The molecule has 0 atom stereocenters. The van der Waals surface area contributed by atoms with E-state index in [1.54, 1.807) is 4.98 Å². The van der Waals surface area contributed by atoms with Crippen LogP contribution in [0.5, 0.6) is 0 Å². The van der Waals surface area contributed by atoms with Crippen LogP contribution in [0.4, 0.5) is 5.69 Å². The van der Waals surface area contributed by atoms with Gasteiger partial charge in [-0.05, 0) is 0 Å². The van der Waals surface area contributed by atoms with Gasteiger partial charge >= 0.3 is 16.9 Å². The van der Waals surface area contributed by atoms with Gasteiger partial charge in [-0.2, -0.15) is 0 Å². The third-order valence-electron chi connectivity index (χ3n) is 1.46. The van der Waals surface area contributed by atoms with Gasteiger partial charge < -0.3 is 4.79 Å². The second-order valence-corrected chi connectivity index (χ2v) is 2.35. The summed E-state index contributed by atoms with van der Waals surface area (Å²) in [4.78, 5) is 42.9. The number of carbonyl (C=O) groups excluding carboxylic acids is 1. The molecule has 0 spiro atoms. The van der Waals surface area contributed by atoms with Gasteiger partial charge in [0.2, 0.25) is 0 Å². The lowest BCUT2D eigenvalue weighted by atomic mass is 10.5. The van der Waals surface area contributed by atoms with Crippen LogP contribution >= 0.6 is 0 Å². The molecule has 0 bridgehead atoms. The Morgan fingerprint density at radius 2 is 2.21 bits per heavy atom. The van der Waals surface area contributed by atoms with E-state index in [0.29, 0.717) is 6.29 Å². The van der Waals surface area contributed by atoms with Crippen molar-refractivity contribution in [3.05, 3.63) is 37.1 Å². The Hall–Kier alpha value is -2.25. The average molecular weight is 199 g/mol. The van der Waals surface area contributed by atoms with E-state index in [1.165, 1.54) is 0 Å². The number of aromatic nitrogens is 2. The molecule has 0 unspecified atom stereocenters. The molecule has 0 radical (unpaired) electrons. The lowest BCUT2D eigenvalue weighted by Crippen LogP contribution is -2.31. The number of nitrogens with zero attached hydrogens (tertiary/aromatic N) is 2. The first-order chi connectivity index (χ1) is 6.56. The van der Waals surface area contributed by atoms with E-state index in [-0.39, 0.29) is 6.54 Å². The maximum Gasteiger partial charge on any atom is 0.350 e. The number of aromatic amines is 1. The van der Waals surface area contributed by atoms with Crippen molar-refractivity contribution in [2.75, 3.05) is 0 Å². The first kappa shape index (κ1) is 9.84. The van der Waals surface area contributed by atoms with Crippen molar-refractivity contribution in [1.29, 1.82) is 0 Å². The Kier molecular flexibility index (Phi) is 2.56. The van der Waals surface area contributed by atoms with Crippen molar-refractivity contribution in [3.63, 3.8) is 0 Å². The van der Waals surface area contributed by atoms with Gasteiger partial charge in [-0.1, -0.05) is 0 Å². The third-order valence-corrected chi connectivity index (χ3v) is 1.46. The maximum absolute atomic E-state index is 10.9. The Morgan fingerprint density at radius 1 is 1.57 bits per heavy atom. The van der Waals surface area contributed by atoms with Crippen LogP contribution < -0.4 is 11.2 Å². The predicted octanol–water partition coefficient (Wildman–Crippen LogP) is -1.36. The molecule has 1 rings (SSSR count). The molecular formula is C6H5N3O5. The second kappa shape index (κ2) is 3.64. The Labute approximate surface area is 75.9 Å². The van der Waals surface area contributed by atoms with Crippen molar-refractivity contribution >= 4 is 12.0 Å². The molecule has 14 heavy (non-hydrogen) atoms. The largest absolute Gasteiger partial charge is 0.350 e. The van der Waals surface area contributed by atoms with Crippen LogP contribution in [0.15, 0.2) is 15.8 Å². The number of nitro groups is 1. The number of hydrogen-bond acceptors (Lipinski definition) is 5. The van der Waals surface area contributed by atoms with Crippen LogP contribution in [0.1, 0.15) is 0 Å². The quantitative estimate of drug-likeness (QED) is 0.367. The summed E-state index contributed by atoms with van der Waals surface area (Å²) in [6.07, 6.45) is 1.12. The summed E-state index contributed by atoms with van der Waals surface area (Å²) in [5.41, 5.74) is -2.71. The molecule has 0 aliphatic carbocycles. The highest BCUT2D eigenvalue weighted by molar-refractivity contribution is 5.49. The average Bonchev–Trinajstić information content (AvgIpc) is 2.09. The van der Waals surface area contributed by atoms with Crippen molar-refractivity contribution in [2.45, 2.75) is 6.54 Å². The minimum atomic E-state index is -1.08. The fraction of sp³-hybridized carbons (Fsp3) is 0.167. The van der Waals surface area contributed by atoms with Gasteiger partial charge in [0, 0.05) is 0 Å². The first-order valence-corrected chi connectivity index (χ1v) is 3.48. The molecule has 1 aromatic heterocycles. The highest BCUT2D eigenvalue weighted by Crippen LogP contribution is 1.97. The van der Waals surface area contributed by atoms with Crippen LogP contribution in [0, 0.1) is 10.1 Å². The summed E-state index contributed by atoms with van der Waals surface area (Å²) >= 11 is 0. The van der Waals surface area contributed by atoms with Crippen LogP contribution in [0.2, 0.25) is 0 Å². The van der Waals surface area contributed by atoms with Crippen molar-refractivity contribution in [1.82, 2.24) is 9.55 Å². The van der Waals surface area contributed by atoms with Gasteiger partial charge in [0.05, 0.1) is 17.7 Å². The topological polar surface area (TPSA) is 115 Å². The molecule has 0 saturated heterocycles. The molecule has 74 valence electrons. The van der Waals surface area contributed by atoms with Gasteiger partial charge in [-0.25, -0.2) is 4.79 Å². The molecule has 0 aliphatic heterocycles. The van der Waals surface area contributed by atoms with E-state index < -0.39 is 21.9 Å². The van der Waals surface area contributed by atoms with Gasteiger partial charge in [-0.15, -0.1) is 0 Å². The first-order valence-electron chi connectivity index (χ1n) is 3.48. The zero-order valence-corrected chi connectivity index (χ0v) is 6.80. The Morgan fingerprint density at radius 3 is 2.71 bits per heavy atom. The van der Waals surface area contributed by atoms with Gasteiger partial charge in [0.15, 0.2) is 0 Å². The predicted molar refractivity (Wildman–Crippen MR) is 44.0 cm³/mol. The minimum absolute atomic E-state index is 0.337.